The Morgan fingerprint density at radius 1 is 1.31 bits per heavy atom. The van der Waals surface area contributed by atoms with E-state index in [0.717, 1.165) is 12.4 Å². The van der Waals surface area contributed by atoms with E-state index in [2.05, 4.69) is 15.3 Å². The van der Waals surface area contributed by atoms with Crippen LogP contribution in [0.25, 0.3) is 0 Å². The highest BCUT2D eigenvalue weighted by Gasteiger charge is 2.49. The van der Waals surface area contributed by atoms with Crippen molar-refractivity contribution >= 4 is 29.1 Å². The van der Waals surface area contributed by atoms with Gasteiger partial charge in [-0.25, -0.2) is 27.5 Å². The first kappa shape index (κ1) is 23.9. The normalized spacial score (nSPS) is 20.3. The SMILES string of the molecule is Cc1ccc(N(C(=O)[C@H](F)Cl)[C@](C)(C(=O)N[C@@H]2CCC(F)(F)C2)c2cncnc2)c(F)c1. The minimum Gasteiger partial charge on any atom is -0.351 e. The molecule has 11 heteroatoms. The van der Waals surface area contributed by atoms with Crippen LogP contribution in [0.3, 0.4) is 0 Å². The Morgan fingerprint density at radius 3 is 2.50 bits per heavy atom. The van der Waals surface area contributed by atoms with Crippen molar-refractivity contribution in [1.29, 1.82) is 0 Å². The molecule has 32 heavy (non-hydrogen) atoms. The molecule has 0 aliphatic heterocycles. The highest BCUT2D eigenvalue weighted by molar-refractivity contribution is 6.32. The third-order valence-electron chi connectivity index (χ3n) is 5.50. The molecular formula is C21H21ClF4N4O2. The second-order valence-electron chi connectivity index (χ2n) is 7.90. The van der Waals surface area contributed by atoms with Gasteiger partial charge in [0.05, 0.1) is 5.69 Å². The number of carbonyl (C=O) groups excluding carboxylic acids is 2. The summed E-state index contributed by atoms with van der Waals surface area (Å²) in [5, 5.41) is 2.49. The summed E-state index contributed by atoms with van der Waals surface area (Å²) in [7, 11) is 0. The lowest BCUT2D eigenvalue weighted by Crippen LogP contribution is -2.60. The van der Waals surface area contributed by atoms with Gasteiger partial charge >= 0.3 is 0 Å². The van der Waals surface area contributed by atoms with Crippen LogP contribution in [0.1, 0.15) is 37.3 Å². The molecule has 6 nitrogen and oxygen atoms in total. The molecular weight excluding hydrogens is 452 g/mol. The lowest BCUT2D eigenvalue weighted by atomic mass is 9.89. The van der Waals surface area contributed by atoms with Gasteiger partial charge in [-0.15, -0.1) is 0 Å². The molecule has 0 bridgehead atoms. The van der Waals surface area contributed by atoms with Crippen LogP contribution in [0.2, 0.25) is 0 Å². The number of hydrogen-bond acceptors (Lipinski definition) is 4. The molecule has 1 fully saturated rings. The number of carbonyl (C=O) groups is 2. The molecule has 3 rings (SSSR count). The monoisotopic (exact) mass is 472 g/mol. The van der Waals surface area contributed by atoms with Gasteiger partial charge in [0.1, 0.15) is 12.1 Å². The first-order chi connectivity index (χ1) is 15.0. The van der Waals surface area contributed by atoms with E-state index in [-0.39, 0.29) is 12.0 Å². The molecule has 1 aromatic heterocycles. The van der Waals surface area contributed by atoms with Crippen LogP contribution in [0.15, 0.2) is 36.9 Å². The van der Waals surface area contributed by atoms with Gasteiger partial charge in [-0.2, -0.15) is 0 Å². The Labute approximate surface area is 187 Å². The number of nitrogens with zero attached hydrogens (tertiary/aromatic N) is 3. The highest BCUT2D eigenvalue weighted by Crippen LogP contribution is 2.38. The molecule has 172 valence electrons. The zero-order valence-electron chi connectivity index (χ0n) is 17.3. The zero-order valence-corrected chi connectivity index (χ0v) is 18.0. The summed E-state index contributed by atoms with van der Waals surface area (Å²) in [6, 6.07) is 2.89. The lowest BCUT2D eigenvalue weighted by molar-refractivity contribution is -0.131. The Hall–Kier alpha value is -2.75. The van der Waals surface area contributed by atoms with E-state index in [4.69, 9.17) is 11.6 Å². The molecule has 1 aliphatic carbocycles. The average Bonchev–Trinajstić information content (AvgIpc) is 3.08. The minimum absolute atomic E-state index is 0.00731. The Kier molecular flexibility index (Phi) is 6.73. The van der Waals surface area contributed by atoms with Crippen molar-refractivity contribution in [2.45, 2.75) is 56.2 Å². The maximum absolute atomic E-state index is 14.9. The van der Waals surface area contributed by atoms with Gasteiger partial charge in [0.25, 0.3) is 17.4 Å². The average molecular weight is 473 g/mol. The molecule has 1 saturated carbocycles. The number of alkyl halides is 4. The summed E-state index contributed by atoms with van der Waals surface area (Å²) in [6.45, 7) is 2.83. The maximum Gasteiger partial charge on any atom is 0.278 e. The molecule has 0 radical (unpaired) electrons. The fourth-order valence-corrected chi connectivity index (χ4v) is 3.88. The second kappa shape index (κ2) is 9.01. The summed E-state index contributed by atoms with van der Waals surface area (Å²) in [6.07, 6.45) is 2.57. The largest absolute Gasteiger partial charge is 0.351 e. The van der Waals surface area contributed by atoms with Crippen molar-refractivity contribution in [3.05, 3.63) is 53.9 Å². The molecule has 0 spiro atoms. The van der Waals surface area contributed by atoms with E-state index in [9.17, 15) is 27.2 Å². The third kappa shape index (κ3) is 4.69. The highest BCUT2D eigenvalue weighted by atomic mass is 35.5. The summed E-state index contributed by atoms with van der Waals surface area (Å²) in [4.78, 5) is 34.6. The third-order valence-corrected chi connectivity index (χ3v) is 5.69. The maximum atomic E-state index is 14.9. The molecule has 0 unspecified atom stereocenters. The number of anilines is 1. The van der Waals surface area contributed by atoms with E-state index in [1.807, 2.05) is 0 Å². The second-order valence-corrected chi connectivity index (χ2v) is 8.28. The van der Waals surface area contributed by atoms with Gasteiger partial charge in [0.15, 0.2) is 5.54 Å². The first-order valence-electron chi connectivity index (χ1n) is 9.78. The number of nitrogens with one attached hydrogen (secondary N) is 1. The molecule has 2 aromatic rings. The smallest absolute Gasteiger partial charge is 0.278 e. The van der Waals surface area contributed by atoms with Crippen LogP contribution in [0.4, 0.5) is 23.2 Å². The number of hydrogen-bond donors (Lipinski definition) is 1. The predicted molar refractivity (Wildman–Crippen MR) is 109 cm³/mol. The van der Waals surface area contributed by atoms with Gasteiger partial charge < -0.3 is 5.32 Å². The number of rotatable bonds is 6. The topological polar surface area (TPSA) is 75.2 Å². The molecule has 1 N–H and O–H groups in total. The van der Waals surface area contributed by atoms with Crippen molar-refractivity contribution in [3.8, 4) is 0 Å². The summed E-state index contributed by atoms with van der Waals surface area (Å²) < 4.78 is 56.3. The van der Waals surface area contributed by atoms with Crippen LogP contribution < -0.4 is 10.2 Å². The molecule has 0 saturated heterocycles. The van der Waals surface area contributed by atoms with E-state index in [1.54, 1.807) is 6.92 Å². The van der Waals surface area contributed by atoms with E-state index < -0.39 is 59.3 Å². The van der Waals surface area contributed by atoms with Crippen molar-refractivity contribution in [3.63, 3.8) is 0 Å². The molecule has 3 atom stereocenters. The van der Waals surface area contributed by atoms with Crippen LogP contribution in [0.5, 0.6) is 0 Å². The van der Waals surface area contributed by atoms with Crippen LogP contribution >= 0.6 is 11.6 Å². The fraction of sp³-hybridized carbons (Fsp3) is 0.429. The van der Waals surface area contributed by atoms with Crippen LogP contribution in [-0.4, -0.2) is 39.4 Å². The van der Waals surface area contributed by atoms with E-state index in [0.29, 0.717) is 10.5 Å². The Bertz CT molecular complexity index is 1010. The number of halogens is 5. The van der Waals surface area contributed by atoms with Gasteiger partial charge in [0.2, 0.25) is 5.92 Å². The molecule has 1 heterocycles. The quantitative estimate of drug-likeness (QED) is 0.509. The molecule has 2 amide bonds. The Morgan fingerprint density at radius 2 is 1.97 bits per heavy atom. The predicted octanol–water partition coefficient (Wildman–Crippen LogP) is 4.01. The van der Waals surface area contributed by atoms with Gasteiger partial charge in [-0.05, 0) is 38.0 Å². The van der Waals surface area contributed by atoms with Crippen molar-refractivity contribution in [2.24, 2.45) is 0 Å². The fourth-order valence-electron chi connectivity index (χ4n) is 3.78. The van der Waals surface area contributed by atoms with Gasteiger partial charge in [-0.3, -0.25) is 14.5 Å². The standard InChI is InChI=1S/C21H21ClF4N4O2/c1-12-3-4-16(15(23)7-12)30(18(31)17(22)24)20(2,13-9-27-11-28-10-13)19(32)29-14-5-6-21(25,26)8-14/h3-4,7,9-11,14,17H,5-6,8H2,1-2H3,(H,29,32)/t14-,17+,20+/m1/s1. The first-order valence-corrected chi connectivity index (χ1v) is 10.2. The summed E-state index contributed by atoms with van der Waals surface area (Å²) in [5.41, 5.74) is -4.60. The number of aryl methyl sites for hydroxylation is 1. The van der Waals surface area contributed by atoms with Crippen LogP contribution in [-0.2, 0) is 15.1 Å². The van der Waals surface area contributed by atoms with E-state index >= 15 is 0 Å². The summed E-state index contributed by atoms with van der Waals surface area (Å²) >= 11 is 5.42. The lowest BCUT2D eigenvalue weighted by Gasteiger charge is -2.40. The zero-order chi connectivity index (χ0) is 23.7. The van der Waals surface area contributed by atoms with Crippen molar-refractivity contribution in [1.82, 2.24) is 15.3 Å². The number of benzene rings is 1. The minimum atomic E-state index is -2.94. The number of amides is 2. The molecule has 1 aromatic carbocycles. The molecule has 1 aliphatic rings. The Balaban J connectivity index is 2.14. The van der Waals surface area contributed by atoms with Gasteiger partial charge in [0, 0.05) is 36.8 Å². The van der Waals surface area contributed by atoms with Crippen molar-refractivity contribution in [2.75, 3.05) is 4.90 Å². The van der Waals surface area contributed by atoms with Crippen molar-refractivity contribution < 1.29 is 27.2 Å². The summed E-state index contributed by atoms with van der Waals surface area (Å²) in [5.74, 6) is -6.18. The number of aromatic nitrogens is 2. The van der Waals surface area contributed by atoms with E-state index in [1.165, 1.54) is 31.5 Å². The van der Waals surface area contributed by atoms with Gasteiger partial charge in [-0.1, -0.05) is 17.7 Å². The van der Waals surface area contributed by atoms with Crippen LogP contribution in [0, 0.1) is 12.7 Å².